The van der Waals surface area contributed by atoms with E-state index in [0.29, 0.717) is 11.3 Å². The third-order valence-electron chi connectivity index (χ3n) is 4.70. The van der Waals surface area contributed by atoms with Crippen molar-refractivity contribution in [3.63, 3.8) is 0 Å². The molecule has 1 heterocycles. The molecule has 5 heteroatoms. The Morgan fingerprint density at radius 1 is 1.00 bits per heavy atom. The first-order valence-corrected chi connectivity index (χ1v) is 9.82. The molecule has 2 nitrogen and oxygen atoms in total. The van der Waals surface area contributed by atoms with Crippen molar-refractivity contribution < 1.29 is 14.2 Å². The monoisotopic (exact) mass is 492 g/mol. The summed E-state index contributed by atoms with van der Waals surface area (Å²) >= 11 is 8.63. The number of hydrogen-bond donors (Lipinski definition) is 1. The van der Waals surface area contributed by atoms with Gasteiger partial charge in [0.15, 0.2) is 0 Å². The van der Waals surface area contributed by atoms with Gasteiger partial charge in [-0.3, -0.25) is 0 Å². The molecule has 4 rings (SSSR count). The third kappa shape index (κ3) is 3.32. The Kier molecular flexibility index (Phi) is 4.86. The van der Waals surface area contributed by atoms with E-state index >= 15 is 0 Å². The number of rotatable bonds is 2. The van der Waals surface area contributed by atoms with Crippen molar-refractivity contribution in [3.8, 4) is 11.5 Å². The molecule has 1 aliphatic rings. The molecule has 0 aromatic heterocycles. The fourth-order valence-corrected chi connectivity index (χ4v) is 4.04. The quantitative estimate of drug-likeness (QED) is 0.396. The number of phenols is 1. The molecule has 3 aromatic rings. The van der Waals surface area contributed by atoms with Crippen LogP contribution in [0, 0.1) is 9.39 Å². The Balaban J connectivity index is 1.96. The van der Waals surface area contributed by atoms with E-state index in [1.807, 2.05) is 31.2 Å². The zero-order chi connectivity index (χ0) is 19.1. The van der Waals surface area contributed by atoms with Crippen LogP contribution in [0.15, 0.2) is 60.7 Å². The largest absolute Gasteiger partial charge is 0.506 e. The van der Waals surface area contributed by atoms with E-state index in [9.17, 15) is 9.50 Å². The van der Waals surface area contributed by atoms with E-state index in [2.05, 4.69) is 22.6 Å². The summed E-state index contributed by atoms with van der Waals surface area (Å²) < 4.78 is 20.9. The summed E-state index contributed by atoms with van der Waals surface area (Å²) in [5.74, 6) is 0.324. The average molecular weight is 493 g/mol. The fourth-order valence-electron chi connectivity index (χ4n) is 3.38. The van der Waals surface area contributed by atoms with Crippen molar-refractivity contribution in [2.45, 2.75) is 13.0 Å². The zero-order valence-electron chi connectivity index (χ0n) is 14.3. The number of ether oxygens (including phenoxy) is 1. The molecule has 0 saturated carbocycles. The number of phenolic OH excluding ortho intramolecular Hbond substituents is 1. The van der Waals surface area contributed by atoms with Gasteiger partial charge in [0.1, 0.15) is 23.4 Å². The van der Waals surface area contributed by atoms with Crippen LogP contribution in [-0.2, 0) is 0 Å². The summed E-state index contributed by atoms with van der Waals surface area (Å²) in [5, 5.41) is 10.3. The van der Waals surface area contributed by atoms with Gasteiger partial charge in [-0.15, -0.1) is 0 Å². The van der Waals surface area contributed by atoms with Gasteiger partial charge in [-0.2, -0.15) is 0 Å². The molecule has 0 radical (unpaired) electrons. The number of fused-ring (bicyclic) bond motifs is 1. The molecule has 3 aromatic carbocycles. The fraction of sp³-hybridized carbons (Fsp3) is 0.0909. The Bertz CT molecular complexity index is 1040. The minimum Gasteiger partial charge on any atom is -0.506 e. The van der Waals surface area contributed by atoms with Crippen molar-refractivity contribution in [2.24, 2.45) is 0 Å². The second-order valence-electron chi connectivity index (χ2n) is 6.37. The Hall–Kier alpha value is -2.05. The van der Waals surface area contributed by atoms with Gasteiger partial charge in [0.2, 0.25) is 0 Å². The smallest absolute Gasteiger partial charge is 0.150 e. The molecular weight excluding hydrogens is 478 g/mol. The van der Waals surface area contributed by atoms with Gasteiger partial charge in [0.25, 0.3) is 0 Å². The first kappa shape index (κ1) is 18.3. The maximum atomic E-state index is 13.5. The van der Waals surface area contributed by atoms with Crippen molar-refractivity contribution in [2.75, 3.05) is 0 Å². The predicted octanol–water partition coefficient (Wildman–Crippen LogP) is 6.85. The van der Waals surface area contributed by atoms with Crippen LogP contribution in [-0.4, -0.2) is 5.11 Å². The first-order valence-electron chi connectivity index (χ1n) is 8.36. The second-order valence-corrected chi connectivity index (χ2v) is 7.99. The van der Waals surface area contributed by atoms with Crippen molar-refractivity contribution in [1.82, 2.24) is 0 Å². The molecule has 0 saturated heterocycles. The molecule has 27 heavy (non-hydrogen) atoms. The lowest BCUT2D eigenvalue weighted by atomic mass is 9.86. The molecule has 136 valence electrons. The average Bonchev–Trinajstić information content (AvgIpc) is 2.66. The predicted molar refractivity (Wildman–Crippen MR) is 115 cm³/mol. The maximum Gasteiger partial charge on any atom is 0.150 e. The van der Waals surface area contributed by atoms with E-state index in [1.54, 1.807) is 18.2 Å². The third-order valence-corrected chi connectivity index (χ3v) is 5.80. The van der Waals surface area contributed by atoms with Crippen molar-refractivity contribution in [1.29, 1.82) is 0 Å². The lowest BCUT2D eigenvalue weighted by Crippen LogP contribution is -2.16. The summed E-state index contributed by atoms with van der Waals surface area (Å²) in [4.78, 5) is 0. The molecule has 0 fully saturated rings. The molecule has 1 atom stereocenters. The molecular formula is C22H15ClFIO2. The summed E-state index contributed by atoms with van der Waals surface area (Å²) in [7, 11) is 0. The van der Waals surface area contributed by atoms with Gasteiger partial charge < -0.3 is 9.84 Å². The van der Waals surface area contributed by atoms with Gasteiger partial charge in [0, 0.05) is 14.7 Å². The van der Waals surface area contributed by atoms with Crippen molar-refractivity contribution in [3.05, 3.63) is 91.8 Å². The van der Waals surface area contributed by atoms with Crippen LogP contribution in [0.1, 0.15) is 29.7 Å². The zero-order valence-corrected chi connectivity index (χ0v) is 17.3. The van der Waals surface area contributed by atoms with Gasteiger partial charge in [-0.25, -0.2) is 4.39 Å². The maximum absolute atomic E-state index is 13.5. The Labute approximate surface area is 175 Å². The summed E-state index contributed by atoms with van der Waals surface area (Å²) in [6.45, 7) is 1.95. The van der Waals surface area contributed by atoms with E-state index in [0.717, 1.165) is 25.8 Å². The number of aromatic hydroxyl groups is 1. The number of halogens is 3. The SMILES string of the molecule is CC1=C(c2ccc(F)cc2)[C@H](c2ccc(I)cc2)Oc2ccc(O)c(Cl)c21. The second kappa shape index (κ2) is 7.17. The van der Waals surface area contributed by atoms with Gasteiger partial charge >= 0.3 is 0 Å². The molecule has 1 N–H and O–H groups in total. The van der Waals surface area contributed by atoms with Crippen LogP contribution in [0.3, 0.4) is 0 Å². The Morgan fingerprint density at radius 2 is 1.67 bits per heavy atom. The normalized spacial score (nSPS) is 16.1. The van der Waals surface area contributed by atoms with Crippen LogP contribution in [0.2, 0.25) is 5.02 Å². The Morgan fingerprint density at radius 3 is 2.33 bits per heavy atom. The molecule has 0 unspecified atom stereocenters. The van der Waals surface area contributed by atoms with Gasteiger partial charge in [-0.05, 0) is 82.6 Å². The summed E-state index contributed by atoms with van der Waals surface area (Å²) in [6.07, 6.45) is -0.361. The molecule has 0 amide bonds. The highest BCUT2D eigenvalue weighted by Gasteiger charge is 2.31. The first-order chi connectivity index (χ1) is 13.0. The molecule has 0 bridgehead atoms. The number of hydrogen-bond acceptors (Lipinski definition) is 2. The van der Waals surface area contributed by atoms with Gasteiger partial charge in [-0.1, -0.05) is 35.9 Å². The van der Waals surface area contributed by atoms with E-state index in [4.69, 9.17) is 16.3 Å². The van der Waals surface area contributed by atoms with Crippen LogP contribution in [0.5, 0.6) is 11.5 Å². The summed E-state index contributed by atoms with van der Waals surface area (Å²) in [5.41, 5.74) is 4.30. The highest BCUT2D eigenvalue weighted by Crippen LogP contribution is 2.50. The molecule has 0 spiro atoms. The summed E-state index contributed by atoms with van der Waals surface area (Å²) in [6, 6.07) is 17.7. The minimum absolute atomic E-state index is 0.00420. The topological polar surface area (TPSA) is 29.5 Å². The highest BCUT2D eigenvalue weighted by molar-refractivity contribution is 14.1. The minimum atomic E-state index is -0.361. The standard InChI is InChI=1S/C22H15ClFIO2/c1-12-19(13-2-6-15(24)7-3-13)22(14-4-8-16(25)9-5-14)27-18-11-10-17(26)21(23)20(12)18/h2-11,22,26H,1H3/t22-/m0/s1. The molecule has 1 aliphatic heterocycles. The lowest BCUT2D eigenvalue weighted by molar-refractivity contribution is 0.259. The van der Waals surface area contributed by atoms with E-state index < -0.39 is 0 Å². The van der Waals surface area contributed by atoms with Crippen LogP contribution >= 0.6 is 34.2 Å². The molecule has 0 aliphatic carbocycles. The highest BCUT2D eigenvalue weighted by atomic mass is 127. The van der Waals surface area contributed by atoms with Crippen LogP contribution in [0.4, 0.5) is 4.39 Å². The van der Waals surface area contributed by atoms with Gasteiger partial charge in [0.05, 0.1) is 5.02 Å². The van der Waals surface area contributed by atoms with Crippen LogP contribution < -0.4 is 4.74 Å². The van der Waals surface area contributed by atoms with Crippen LogP contribution in [0.25, 0.3) is 11.1 Å². The van der Waals surface area contributed by atoms with E-state index in [-0.39, 0.29) is 22.7 Å². The lowest BCUT2D eigenvalue weighted by Gasteiger charge is -2.31. The van der Waals surface area contributed by atoms with E-state index in [1.165, 1.54) is 18.2 Å². The van der Waals surface area contributed by atoms with Crippen molar-refractivity contribution >= 4 is 45.3 Å². The number of allylic oxidation sites excluding steroid dienone is 1. The number of benzene rings is 3.